The molecule has 0 radical (unpaired) electrons. The lowest BCUT2D eigenvalue weighted by molar-refractivity contribution is 0.326. The van der Waals surface area contributed by atoms with Gasteiger partial charge in [0.15, 0.2) is 0 Å². The van der Waals surface area contributed by atoms with Gasteiger partial charge in [-0.15, -0.1) is 0 Å². The Morgan fingerprint density at radius 1 is 1.40 bits per heavy atom. The molecule has 1 heterocycles. The fraction of sp³-hybridized carbons (Fsp3) is 0.615. The Balaban J connectivity index is 2.00. The number of aromatic nitrogens is 1. The fourth-order valence-corrected chi connectivity index (χ4v) is 3.19. The zero-order valence-electron chi connectivity index (χ0n) is 9.08. The van der Waals surface area contributed by atoms with Gasteiger partial charge in [-0.05, 0) is 55.7 Å². The Morgan fingerprint density at radius 3 is 3.00 bits per heavy atom. The van der Waals surface area contributed by atoms with Gasteiger partial charge >= 0.3 is 0 Å². The number of rotatable bonds is 2. The molecule has 2 N–H and O–H groups in total. The van der Waals surface area contributed by atoms with Crippen LogP contribution in [0.1, 0.15) is 42.9 Å². The van der Waals surface area contributed by atoms with Gasteiger partial charge in [0.1, 0.15) is 0 Å². The van der Waals surface area contributed by atoms with Crippen LogP contribution in [0.2, 0.25) is 0 Å². The highest BCUT2D eigenvalue weighted by Crippen LogP contribution is 2.62. The minimum Gasteiger partial charge on any atom is -0.330 e. The maximum atomic E-state index is 5.74. The van der Waals surface area contributed by atoms with E-state index in [0.29, 0.717) is 11.3 Å². The second-order valence-electron chi connectivity index (χ2n) is 5.04. The average molecular weight is 202 g/mol. The number of nitrogens with two attached hydrogens (primary N) is 1. The van der Waals surface area contributed by atoms with Crippen molar-refractivity contribution in [3.63, 3.8) is 0 Å². The molecule has 15 heavy (non-hydrogen) atoms. The molecule has 2 nitrogen and oxygen atoms in total. The molecular formula is C13H18N2. The van der Waals surface area contributed by atoms with E-state index in [4.69, 9.17) is 5.73 Å². The van der Waals surface area contributed by atoms with E-state index in [1.54, 1.807) is 0 Å². The summed E-state index contributed by atoms with van der Waals surface area (Å²) in [5.41, 5.74) is 9.16. The maximum absolute atomic E-state index is 5.74. The third-order valence-corrected chi connectivity index (χ3v) is 4.24. The summed E-state index contributed by atoms with van der Waals surface area (Å²) >= 11 is 0. The van der Waals surface area contributed by atoms with Gasteiger partial charge in [0.2, 0.25) is 0 Å². The number of hydrogen-bond acceptors (Lipinski definition) is 2. The van der Waals surface area contributed by atoms with E-state index in [2.05, 4.69) is 17.1 Å². The van der Waals surface area contributed by atoms with E-state index in [0.717, 1.165) is 13.0 Å². The summed E-state index contributed by atoms with van der Waals surface area (Å²) in [5.74, 6) is 0.646. The Morgan fingerprint density at radius 2 is 2.27 bits per heavy atom. The van der Waals surface area contributed by atoms with Crippen LogP contribution in [-0.2, 0) is 6.42 Å². The lowest BCUT2D eigenvalue weighted by Crippen LogP contribution is -2.25. The minimum atomic E-state index is 0.598. The predicted molar refractivity (Wildman–Crippen MR) is 60.6 cm³/mol. The molecule has 1 saturated carbocycles. The molecule has 1 aromatic heterocycles. The highest BCUT2D eigenvalue weighted by atomic mass is 14.7. The summed E-state index contributed by atoms with van der Waals surface area (Å²) in [7, 11) is 0. The summed E-state index contributed by atoms with van der Waals surface area (Å²) in [4.78, 5) is 4.60. The molecule has 1 aromatic rings. The van der Waals surface area contributed by atoms with E-state index in [1.165, 1.54) is 36.9 Å². The second-order valence-corrected chi connectivity index (χ2v) is 5.04. The normalized spacial score (nSPS) is 26.3. The number of pyridine rings is 1. The van der Waals surface area contributed by atoms with Gasteiger partial charge in [-0.2, -0.15) is 0 Å². The van der Waals surface area contributed by atoms with Crippen LogP contribution >= 0.6 is 0 Å². The molecule has 2 aliphatic rings. The van der Waals surface area contributed by atoms with Crippen molar-refractivity contribution in [1.82, 2.24) is 4.98 Å². The molecular weight excluding hydrogens is 184 g/mol. The summed E-state index contributed by atoms with van der Waals surface area (Å²) < 4.78 is 0. The SMILES string of the molecule is NCCC1c2ncccc2CCC12CC2. The van der Waals surface area contributed by atoms with Gasteiger partial charge in [-0.25, -0.2) is 0 Å². The molecule has 0 aromatic carbocycles. The highest BCUT2D eigenvalue weighted by Gasteiger charge is 2.51. The standard InChI is InChI=1S/C13H18N2/c14-8-4-11-12-10(2-1-9-15-12)3-5-13(11)6-7-13/h1-2,9,11H,3-8,14H2. The number of hydrogen-bond donors (Lipinski definition) is 1. The zero-order chi connectivity index (χ0) is 10.3. The molecule has 0 aliphatic heterocycles. The van der Waals surface area contributed by atoms with E-state index in [1.807, 2.05) is 6.20 Å². The quantitative estimate of drug-likeness (QED) is 0.798. The lowest BCUT2D eigenvalue weighted by atomic mass is 9.73. The first-order valence-electron chi connectivity index (χ1n) is 6.00. The van der Waals surface area contributed by atoms with Crippen LogP contribution in [0.4, 0.5) is 0 Å². The zero-order valence-corrected chi connectivity index (χ0v) is 9.08. The molecule has 1 fully saturated rings. The molecule has 3 rings (SSSR count). The molecule has 0 amide bonds. The Kier molecular flexibility index (Phi) is 2.06. The summed E-state index contributed by atoms with van der Waals surface area (Å²) in [5, 5.41) is 0. The van der Waals surface area contributed by atoms with Crippen molar-refractivity contribution in [2.24, 2.45) is 11.1 Å². The summed E-state index contributed by atoms with van der Waals surface area (Å²) in [6, 6.07) is 4.30. The molecule has 2 aliphatic carbocycles. The smallest absolute Gasteiger partial charge is 0.0472 e. The number of aryl methyl sites for hydroxylation is 1. The molecule has 0 bridgehead atoms. The first-order chi connectivity index (χ1) is 7.36. The molecule has 80 valence electrons. The lowest BCUT2D eigenvalue weighted by Gasteiger charge is -2.32. The molecule has 0 saturated heterocycles. The monoisotopic (exact) mass is 202 g/mol. The van der Waals surface area contributed by atoms with Gasteiger partial charge in [0, 0.05) is 17.8 Å². The first kappa shape index (κ1) is 9.34. The van der Waals surface area contributed by atoms with E-state index in [9.17, 15) is 0 Å². The van der Waals surface area contributed by atoms with Gasteiger partial charge in [-0.1, -0.05) is 6.07 Å². The van der Waals surface area contributed by atoms with Crippen molar-refractivity contribution in [3.05, 3.63) is 29.6 Å². The van der Waals surface area contributed by atoms with E-state index in [-0.39, 0.29) is 0 Å². The molecule has 2 heteroatoms. The van der Waals surface area contributed by atoms with Crippen LogP contribution in [-0.4, -0.2) is 11.5 Å². The van der Waals surface area contributed by atoms with Crippen LogP contribution < -0.4 is 5.73 Å². The summed E-state index contributed by atoms with van der Waals surface area (Å²) in [6.45, 7) is 0.794. The molecule has 1 spiro atoms. The summed E-state index contributed by atoms with van der Waals surface area (Å²) in [6.07, 6.45) is 8.43. The van der Waals surface area contributed by atoms with Crippen molar-refractivity contribution >= 4 is 0 Å². The average Bonchev–Trinajstić information content (AvgIpc) is 3.04. The highest BCUT2D eigenvalue weighted by molar-refractivity contribution is 5.31. The largest absolute Gasteiger partial charge is 0.330 e. The number of fused-ring (bicyclic) bond motifs is 1. The van der Waals surface area contributed by atoms with Crippen LogP contribution in [0.3, 0.4) is 0 Å². The maximum Gasteiger partial charge on any atom is 0.0472 e. The van der Waals surface area contributed by atoms with Crippen LogP contribution in [0, 0.1) is 5.41 Å². The molecule has 1 atom stereocenters. The molecule has 1 unspecified atom stereocenters. The van der Waals surface area contributed by atoms with Crippen molar-refractivity contribution < 1.29 is 0 Å². The first-order valence-corrected chi connectivity index (χ1v) is 6.00. The Hall–Kier alpha value is -0.890. The minimum absolute atomic E-state index is 0.598. The number of nitrogens with zero attached hydrogens (tertiary/aromatic N) is 1. The topological polar surface area (TPSA) is 38.9 Å². The van der Waals surface area contributed by atoms with Crippen LogP contribution in [0.5, 0.6) is 0 Å². The van der Waals surface area contributed by atoms with Gasteiger partial charge in [0.05, 0.1) is 0 Å². The second kappa shape index (κ2) is 3.31. The van der Waals surface area contributed by atoms with Crippen molar-refractivity contribution in [2.45, 2.75) is 38.0 Å². The van der Waals surface area contributed by atoms with Gasteiger partial charge in [-0.3, -0.25) is 4.98 Å². The van der Waals surface area contributed by atoms with Gasteiger partial charge in [0.25, 0.3) is 0 Å². The third kappa shape index (κ3) is 1.39. The fourth-order valence-electron chi connectivity index (χ4n) is 3.19. The Labute approximate surface area is 90.9 Å². The van der Waals surface area contributed by atoms with Crippen LogP contribution in [0.15, 0.2) is 18.3 Å². The Bertz CT molecular complexity index is 369. The van der Waals surface area contributed by atoms with Crippen molar-refractivity contribution in [3.8, 4) is 0 Å². The van der Waals surface area contributed by atoms with Gasteiger partial charge < -0.3 is 5.73 Å². The van der Waals surface area contributed by atoms with E-state index < -0.39 is 0 Å². The van der Waals surface area contributed by atoms with Crippen molar-refractivity contribution in [1.29, 1.82) is 0 Å². The van der Waals surface area contributed by atoms with E-state index >= 15 is 0 Å². The van der Waals surface area contributed by atoms with Crippen LogP contribution in [0.25, 0.3) is 0 Å². The third-order valence-electron chi connectivity index (χ3n) is 4.24. The van der Waals surface area contributed by atoms with Crippen molar-refractivity contribution in [2.75, 3.05) is 6.54 Å². The predicted octanol–water partition coefficient (Wildman–Crippen LogP) is 2.24.